The Bertz CT molecular complexity index is 227. The van der Waals surface area contributed by atoms with Crippen LogP contribution in [0.3, 0.4) is 0 Å². The topological polar surface area (TPSA) is 95.8 Å². The minimum absolute atomic E-state index is 0.0175. The standard InChI is InChI=1S/C10H26O8Si2/c1-13-19(10-12,9-5-7-17-8-6-11)18-20(14-2,15-3)16-4/h11-12H,5-10H2,1-4H3. The van der Waals surface area contributed by atoms with Crippen molar-refractivity contribution < 1.29 is 36.8 Å². The summed E-state index contributed by atoms with van der Waals surface area (Å²) in [5.74, 6) is 0. The van der Waals surface area contributed by atoms with Gasteiger partial charge in [-0.05, 0) is 12.5 Å². The number of ether oxygens (including phenoxy) is 1. The van der Waals surface area contributed by atoms with Crippen LogP contribution in [-0.4, -0.2) is 82.3 Å². The Morgan fingerprint density at radius 3 is 1.85 bits per heavy atom. The number of hydrogen-bond donors (Lipinski definition) is 2. The highest BCUT2D eigenvalue weighted by Crippen LogP contribution is 2.22. The Hall–Kier alpha value is 0.114. The highest BCUT2D eigenvalue weighted by Gasteiger charge is 2.52. The summed E-state index contributed by atoms with van der Waals surface area (Å²) < 4.78 is 32.0. The molecule has 0 aliphatic heterocycles. The highest BCUT2D eigenvalue weighted by molar-refractivity contribution is 6.76. The van der Waals surface area contributed by atoms with E-state index in [-0.39, 0.29) is 19.4 Å². The summed E-state index contributed by atoms with van der Waals surface area (Å²) in [6, 6.07) is 0.496. The molecular formula is C10H26O8Si2. The molecule has 2 N–H and O–H groups in total. The van der Waals surface area contributed by atoms with Crippen molar-refractivity contribution in [1.29, 1.82) is 0 Å². The maximum atomic E-state index is 9.62. The second-order valence-corrected chi connectivity index (χ2v) is 10.0. The van der Waals surface area contributed by atoms with Crippen molar-refractivity contribution in [2.75, 3.05) is 54.5 Å². The van der Waals surface area contributed by atoms with E-state index in [1.54, 1.807) is 0 Å². The van der Waals surface area contributed by atoms with Crippen molar-refractivity contribution in [2.45, 2.75) is 12.5 Å². The first-order valence-corrected chi connectivity index (χ1v) is 10.1. The van der Waals surface area contributed by atoms with Crippen molar-refractivity contribution in [3.63, 3.8) is 0 Å². The van der Waals surface area contributed by atoms with Crippen LogP contribution >= 0.6 is 0 Å². The van der Waals surface area contributed by atoms with Gasteiger partial charge in [-0.2, -0.15) is 0 Å². The first-order valence-electron chi connectivity index (χ1n) is 6.27. The van der Waals surface area contributed by atoms with Gasteiger partial charge in [0.15, 0.2) is 0 Å². The molecule has 10 heteroatoms. The lowest BCUT2D eigenvalue weighted by Crippen LogP contribution is -2.59. The van der Waals surface area contributed by atoms with Gasteiger partial charge in [0.2, 0.25) is 0 Å². The van der Waals surface area contributed by atoms with E-state index < -0.39 is 17.6 Å². The molecule has 0 aromatic rings. The van der Waals surface area contributed by atoms with Crippen molar-refractivity contribution >= 4 is 17.6 Å². The molecule has 0 aliphatic rings. The zero-order valence-electron chi connectivity index (χ0n) is 12.6. The molecule has 8 nitrogen and oxygen atoms in total. The molecular weight excluding hydrogens is 304 g/mol. The van der Waals surface area contributed by atoms with Crippen LogP contribution in [0.5, 0.6) is 0 Å². The summed E-state index contributed by atoms with van der Waals surface area (Å²) in [4.78, 5) is 0. The predicted molar refractivity (Wildman–Crippen MR) is 75.0 cm³/mol. The Labute approximate surface area is 122 Å². The Kier molecular flexibility index (Phi) is 10.8. The highest BCUT2D eigenvalue weighted by atomic mass is 28.5. The van der Waals surface area contributed by atoms with Gasteiger partial charge in [0.05, 0.1) is 19.4 Å². The van der Waals surface area contributed by atoms with E-state index in [4.69, 9.17) is 31.7 Å². The second-order valence-electron chi connectivity index (χ2n) is 3.93. The first kappa shape index (κ1) is 20.1. The lowest BCUT2D eigenvalue weighted by atomic mass is 10.5. The molecule has 0 aromatic heterocycles. The third-order valence-corrected chi connectivity index (χ3v) is 9.09. The van der Waals surface area contributed by atoms with Crippen molar-refractivity contribution in [3.05, 3.63) is 0 Å². The van der Waals surface area contributed by atoms with Crippen LogP contribution in [0, 0.1) is 0 Å². The monoisotopic (exact) mass is 330 g/mol. The molecule has 1 unspecified atom stereocenters. The quantitative estimate of drug-likeness (QED) is 0.341. The molecule has 0 aromatic carbocycles. The molecule has 0 spiro atoms. The van der Waals surface area contributed by atoms with Crippen molar-refractivity contribution in [1.82, 2.24) is 0 Å². The van der Waals surface area contributed by atoms with Gasteiger partial charge in [0, 0.05) is 35.0 Å². The predicted octanol–water partition coefficient (Wildman–Crippen LogP) is -0.603. The molecule has 0 saturated carbocycles. The number of aliphatic hydroxyl groups is 2. The maximum Gasteiger partial charge on any atom is 0.669 e. The molecule has 0 amide bonds. The van der Waals surface area contributed by atoms with Gasteiger partial charge < -0.3 is 36.8 Å². The molecule has 0 bridgehead atoms. The Balaban J connectivity index is 4.57. The van der Waals surface area contributed by atoms with Gasteiger partial charge in [0.1, 0.15) is 0 Å². The van der Waals surface area contributed by atoms with E-state index in [0.29, 0.717) is 19.1 Å². The normalized spacial score (nSPS) is 15.3. The van der Waals surface area contributed by atoms with Gasteiger partial charge in [-0.15, -0.1) is 0 Å². The fourth-order valence-electron chi connectivity index (χ4n) is 1.58. The largest absolute Gasteiger partial charge is 0.669 e. The second kappa shape index (κ2) is 10.8. The molecule has 0 saturated heterocycles. The fourth-order valence-corrected chi connectivity index (χ4v) is 7.08. The molecule has 1 atom stereocenters. The lowest BCUT2D eigenvalue weighted by Gasteiger charge is -2.34. The summed E-state index contributed by atoms with van der Waals surface area (Å²) in [6.45, 7) is 0.717. The van der Waals surface area contributed by atoms with E-state index in [1.165, 1.54) is 28.4 Å². The minimum Gasteiger partial charge on any atom is -0.397 e. The zero-order valence-corrected chi connectivity index (χ0v) is 14.6. The molecule has 0 radical (unpaired) electrons. The average molecular weight is 330 g/mol. The summed E-state index contributed by atoms with van der Waals surface area (Å²) >= 11 is 0. The van der Waals surface area contributed by atoms with Crippen LogP contribution in [0.2, 0.25) is 6.04 Å². The van der Waals surface area contributed by atoms with E-state index >= 15 is 0 Å². The molecule has 20 heavy (non-hydrogen) atoms. The summed E-state index contributed by atoms with van der Waals surface area (Å²) in [5, 5.41) is 18.2. The summed E-state index contributed by atoms with van der Waals surface area (Å²) in [5.41, 5.74) is 0. The van der Waals surface area contributed by atoms with Crippen LogP contribution in [0.25, 0.3) is 0 Å². The van der Waals surface area contributed by atoms with Gasteiger partial charge in [-0.1, -0.05) is 0 Å². The van der Waals surface area contributed by atoms with E-state index in [1.807, 2.05) is 0 Å². The Morgan fingerprint density at radius 1 is 0.850 bits per heavy atom. The van der Waals surface area contributed by atoms with E-state index in [0.717, 1.165) is 0 Å². The SMILES string of the molecule is CO[Si](CO)(CCCOCCO)O[Si](OC)(OC)OC. The van der Waals surface area contributed by atoms with Gasteiger partial charge >= 0.3 is 17.6 Å². The van der Waals surface area contributed by atoms with Crippen LogP contribution in [-0.2, 0) is 26.6 Å². The number of aliphatic hydroxyl groups excluding tert-OH is 2. The number of hydrogen-bond acceptors (Lipinski definition) is 8. The molecule has 0 rings (SSSR count). The molecule has 0 fully saturated rings. The van der Waals surface area contributed by atoms with Crippen LogP contribution in [0.4, 0.5) is 0 Å². The summed E-state index contributed by atoms with van der Waals surface area (Å²) in [6.07, 6.45) is 0.385. The van der Waals surface area contributed by atoms with E-state index in [9.17, 15) is 5.11 Å². The van der Waals surface area contributed by atoms with Gasteiger partial charge in [-0.25, -0.2) is 0 Å². The average Bonchev–Trinajstić information content (AvgIpc) is 2.51. The van der Waals surface area contributed by atoms with Gasteiger partial charge in [-0.3, -0.25) is 0 Å². The third kappa shape index (κ3) is 6.26. The molecule has 122 valence electrons. The van der Waals surface area contributed by atoms with Crippen LogP contribution < -0.4 is 0 Å². The van der Waals surface area contributed by atoms with Gasteiger partial charge in [0.25, 0.3) is 0 Å². The van der Waals surface area contributed by atoms with Crippen LogP contribution in [0.15, 0.2) is 0 Å². The third-order valence-electron chi connectivity index (χ3n) is 2.76. The maximum absolute atomic E-state index is 9.62. The number of rotatable bonds is 13. The smallest absolute Gasteiger partial charge is 0.397 e. The minimum atomic E-state index is -3.27. The first-order chi connectivity index (χ1) is 9.57. The fraction of sp³-hybridized carbons (Fsp3) is 1.00. The van der Waals surface area contributed by atoms with E-state index in [2.05, 4.69) is 0 Å². The van der Waals surface area contributed by atoms with Crippen molar-refractivity contribution in [2.24, 2.45) is 0 Å². The molecule has 0 heterocycles. The lowest BCUT2D eigenvalue weighted by molar-refractivity contribution is 0.0309. The zero-order chi connectivity index (χ0) is 15.5. The van der Waals surface area contributed by atoms with Crippen LogP contribution in [0.1, 0.15) is 6.42 Å². The summed E-state index contributed by atoms with van der Waals surface area (Å²) in [7, 11) is -0.414. The van der Waals surface area contributed by atoms with Crippen molar-refractivity contribution in [3.8, 4) is 0 Å². The molecule has 0 aliphatic carbocycles. The Morgan fingerprint density at radius 2 is 1.45 bits per heavy atom.